The SMILES string of the molecule is CC(c1ccco1)N(C)C(=O)c1ccc(NC(=O)c2ccc(Br)cc2)cc1. The van der Waals surface area contributed by atoms with E-state index in [4.69, 9.17) is 4.42 Å². The van der Waals surface area contributed by atoms with Crippen molar-refractivity contribution in [2.75, 3.05) is 12.4 Å². The molecule has 1 atom stereocenters. The minimum atomic E-state index is -0.204. The Morgan fingerprint density at radius 1 is 1.00 bits per heavy atom. The molecule has 0 aliphatic heterocycles. The molecule has 27 heavy (non-hydrogen) atoms. The fourth-order valence-electron chi connectivity index (χ4n) is 2.60. The maximum absolute atomic E-state index is 12.7. The summed E-state index contributed by atoms with van der Waals surface area (Å²) in [6.07, 6.45) is 1.59. The Hall–Kier alpha value is -2.86. The molecule has 0 fully saturated rings. The van der Waals surface area contributed by atoms with Crippen LogP contribution < -0.4 is 5.32 Å². The topological polar surface area (TPSA) is 62.6 Å². The van der Waals surface area contributed by atoms with Gasteiger partial charge in [0.2, 0.25) is 0 Å². The summed E-state index contributed by atoms with van der Waals surface area (Å²) in [7, 11) is 1.73. The van der Waals surface area contributed by atoms with Gasteiger partial charge in [-0.15, -0.1) is 0 Å². The van der Waals surface area contributed by atoms with E-state index in [9.17, 15) is 9.59 Å². The van der Waals surface area contributed by atoms with Gasteiger partial charge in [0, 0.05) is 28.3 Å². The number of rotatable bonds is 5. The highest BCUT2D eigenvalue weighted by Crippen LogP contribution is 2.22. The highest BCUT2D eigenvalue weighted by atomic mass is 79.9. The first-order chi connectivity index (χ1) is 13.0. The molecular formula is C21H19BrN2O3. The van der Waals surface area contributed by atoms with Crippen LogP contribution in [0.5, 0.6) is 0 Å². The maximum atomic E-state index is 12.7. The summed E-state index contributed by atoms with van der Waals surface area (Å²) in [5.74, 6) is 0.402. The van der Waals surface area contributed by atoms with Gasteiger partial charge in [0.05, 0.1) is 12.3 Å². The van der Waals surface area contributed by atoms with Crippen LogP contribution in [0, 0.1) is 0 Å². The third-order valence-electron chi connectivity index (χ3n) is 4.35. The number of nitrogens with zero attached hydrogens (tertiary/aromatic N) is 1. The van der Waals surface area contributed by atoms with Crippen molar-refractivity contribution in [1.82, 2.24) is 4.90 Å². The van der Waals surface area contributed by atoms with Gasteiger partial charge in [-0.3, -0.25) is 9.59 Å². The Labute approximate surface area is 166 Å². The fraction of sp³-hybridized carbons (Fsp3) is 0.143. The molecular weight excluding hydrogens is 408 g/mol. The summed E-state index contributed by atoms with van der Waals surface area (Å²) in [4.78, 5) is 26.5. The number of halogens is 1. The van der Waals surface area contributed by atoms with Crippen molar-refractivity contribution in [2.24, 2.45) is 0 Å². The molecule has 0 bridgehead atoms. The molecule has 2 aromatic carbocycles. The highest BCUT2D eigenvalue weighted by Gasteiger charge is 2.20. The molecule has 3 rings (SSSR count). The average Bonchev–Trinajstić information content (AvgIpc) is 3.22. The molecule has 0 aliphatic carbocycles. The Morgan fingerprint density at radius 3 is 2.22 bits per heavy atom. The van der Waals surface area contributed by atoms with Gasteiger partial charge in [0.25, 0.3) is 11.8 Å². The summed E-state index contributed by atoms with van der Waals surface area (Å²) in [5, 5.41) is 2.82. The van der Waals surface area contributed by atoms with Crippen molar-refractivity contribution >= 4 is 33.4 Å². The summed E-state index contributed by atoms with van der Waals surface area (Å²) in [5.41, 5.74) is 1.73. The van der Waals surface area contributed by atoms with Crippen molar-refractivity contribution in [3.63, 3.8) is 0 Å². The lowest BCUT2D eigenvalue weighted by Gasteiger charge is -2.23. The van der Waals surface area contributed by atoms with Gasteiger partial charge in [0.15, 0.2) is 0 Å². The summed E-state index contributed by atoms with van der Waals surface area (Å²) < 4.78 is 6.28. The molecule has 0 spiro atoms. The number of furan rings is 1. The summed E-state index contributed by atoms with van der Waals surface area (Å²) in [6, 6.07) is 17.4. The molecule has 0 radical (unpaired) electrons. The Kier molecular flexibility index (Phi) is 5.76. The number of carbonyl (C=O) groups excluding carboxylic acids is 2. The molecule has 1 heterocycles. The number of nitrogens with one attached hydrogen (secondary N) is 1. The van der Waals surface area contributed by atoms with E-state index in [0.29, 0.717) is 16.8 Å². The third kappa shape index (κ3) is 4.46. The Balaban J connectivity index is 1.66. The van der Waals surface area contributed by atoms with Crippen molar-refractivity contribution < 1.29 is 14.0 Å². The van der Waals surface area contributed by atoms with Crippen LogP contribution >= 0.6 is 15.9 Å². The largest absolute Gasteiger partial charge is 0.467 e. The second-order valence-electron chi connectivity index (χ2n) is 6.15. The van der Waals surface area contributed by atoms with Crippen LogP contribution in [0.2, 0.25) is 0 Å². The molecule has 0 aliphatic rings. The monoisotopic (exact) mass is 426 g/mol. The molecule has 6 heteroatoms. The lowest BCUT2D eigenvalue weighted by Crippen LogP contribution is -2.29. The van der Waals surface area contributed by atoms with Crippen molar-refractivity contribution in [2.45, 2.75) is 13.0 Å². The number of anilines is 1. The van der Waals surface area contributed by atoms with Crippen molar-refractivity contribution in [3.05, 3.63) is 88.3 Å². The summed E-state index contributed by atoms with van der Waals surface area (Å²) >= 11 is 3.34. The number of benzene rings is 2. The molecule has 1 unspecified atom stereocenters. The molecule has 2 amide bonds. The Bertz CT molecular complexity index is 919. The van der Waals surface area contributed by atoms with E-state index >= 15 is 0 Å². The van der Waals surface area contributed by atoms with Gasteiger partial charge >= 0.3 is 0 Å². The van der Waals surface area contributed by atoms with Crippen molar-refractivity contribution in [3.8, 4) is 0 Å². The van der Waals surface area contributed by atoms with Gasteiger partial charge in [-0.25, -0.2) is 0 Å². The van der Waals surface area contributed by atoms with Crippen LogP contribution in [-0.2, 0) is 0 Å². The van der Waals surface area contributed by atoms with Crippen LogP contribution in [0.25, 0.3) is 0 Å². The van der Waals surface area contributed by atoms with E-state index in [-0.39, 0.29) is 17.9 Å². The third-order valence-corrected chi connectivity index (χ3v) is 4.88. The molecule has 3 aromatic rings. The van der Waals surface area contributed by atoms with Crippen LogP contribution in [0.3, 0.4) is 0 Å². The standard InChI is InChI=1S/C21H19BrN2O3/c1-14(19-4-3-13-27-19)24(2)21(26)16-7-11-18(12-8-16)23-20(25)15-5-9-17(22)10-6-15/h3-14H,1-2H3,(H,23,25). The van der Waals surface area contributed by atoms with Crippen molar-refractivity contribution in [1.29, 1.82) is 0 Å². The van der Waals surface area contributed by atoms with E-state index in [1.165, 1.54) is 0 Å². The lowest BCUT2D eigenvalue weighted by atomic mass is 10.1. The zero-order valence-corrected chi connectivity index (χ0v) is 16.6. The van der Waals surface area contributed by atoms with E-state index in [0.717, 1.165) is 10.2 Å². The number of carbonyl (C=O) groups is 2. The minimum absolute atomic E-state index is 0.121. The van der Waals surface area contributed by atoms with E-state index < -0.39 is 0 Å². The molecule has 1 aromatic heterocycles. The second kappa shape index (κ2) is 8.22. The first kappa shape index (κ1) is 18.9. The highest BCUT2D eigenvalue weighted by molar-refractivity contribution is 9.10. The second-order valence-corrected chi connectivity index (χ2v) is 7.06. The van der Waals surface area contributed by atoms with E-state index in [1.807, 2.05) is 25.1 Å². The normalized spacial score (nSPS) is 11.7. The smallest absolute Gasteiger partial charge is 0.255 e. The Morgan fingerprint density at radius 2 is 1.63 bits per heavy atom. The minimum Gasteiger partial charge on any atom is -0.467 e. The van der Waals surface area contributed by atoms with Crippen LogP contribution in [-0.4, -0.2) is 23.8 Å². The molecule has 0 saturated heterocycles. The average molecular weight is 427 g/mol. The van der Waals surface area contributed by atoms with E-state index in [2.05, 4.69) is 21.2 Å². The summed E-state index contributed by atoms with van der Waals surface area (Å²) in [6.45, 7) is 1.91. The molecule has 1 N–H and O–H groups in total. The predicted octanol–water partition coefficient (Wildman–Crippen LogP) is 5.13. The number of hydrogen-bond donors (Lipinski definition) is 1. The molecule has 138 valence electrons. The molecule has 5 nitrogen and oxygen atoms in total. The fourth-order valence-corrected chi connectivity index (χ4v) is 2.86. The molecule has 0 saturated carbocycles. The lowest BCUT2D eigenvalue weighted by molar-refractivity contribution is 0.0726. The van der Waals surface area contributed by atoms with Gasteiger partial charge in [-0.05, 0) is 67.6 Å². The van der Waals surface area contributed by atoms with Crippen LogP contribution in [0.1, 0.15) is 39.4 Å². The number of amides is 2. The van der Waals surface area contributed by atoms with E-state index in [1.54, 1.807) is 60.7 Å². The van der Waals surface area contributed by atoms with Crippen LogP contribution in [0.15, 0.2) is 75.8 Å². The first-order valence-electron chi connectivity index (χ1n) is 8.43. The predicted molar refractivity (Wildman–Crippen MR) is 108 cm³/mol. The van der Waals surface area contributed by atoms with Crippen LogP contribution in [0.4, 0.5) is 5.69 Å². The van der Waals surface area contributed by atoms with Gasteiger partial charge in [-0.1, -0.05) is 15.9 Å². The number of hydrogen-bond acceptors (Lipinski definition) is 3. The zero-order chi connectivity index (χ0) is 19.4. The first-order valence-corrected chi connectivity index (χ1v) is 9.22. The van der Waals surface area contributed by atoms with Gasteiger partial charge in [-0.2, -0.15) is 0 Å². The van der Waals surface area contributed by atoms with Gasteiger partial charge < -0.3 is 14.6 Å². The van der Waals surface area contributed by atoms with Gasteiger partial charge in [0.1, 0.15) is 5.76 Å². The maximum Gasteiger partial charge on any atom is 0.255 e. The quantitative estimate of drug-likeness (QED) is 0.614. The zero-order valence-electron chi connectivity index (χ0n) is 15.0.